The second-order valence-corrected chi connectivity index (χ2v) is 5.72. The molecular weight excluding hydrogens is 210 g/mol. The molecule has 1 aliphatic carbocycles. The van der Waals surface area contributed by atoms with E-state index in [0.717, 1.165) is 16.9 Å². The lowest BCUT2D eigenvalue weighted by Gasteiger charge is -2.22. The molecule has 3 N–H and O–H groups in total. The fraction of sp³-hybridized carbons (Fsp3) is 0.500. The van der Waals surface area contributed by atoms with Crippen LogP contribution < -0.4 is 5.73 Å². The van der Waals surface area contributed by atoms with Crippen molar-refractivity contribution in [3.8, 4) is 0 Å². The maximum absolute atomic E-state index is 5.82. The molecule has 1 aromatic heterocycles. The molecule has 0 atom stereocenters. The molecule has 2 aromatic rings. The summed E-state index contributed by atoms with van der Waals surface area (Å²) in [6.07, 6.45) is 2.56. The number of nitrogens with zero attached hydrogens (tertiary/aromatic N) is 1. The van der Waals surface area contributed by atoms with Gasteiger partial charge in [-0.15, -0.1) is 0 Å². The van der Waals surface area contributed by atoms with E-state index in [0.29, 0.717) is 12.5 Å². The van der Waals surface area contributed by atoms with Crippen LogP contribution in [0.3, 0.4) is 0 Å². The molecule has 0 amide bonds. The number of nitrogens with one attached hydrogen (secondary N) is 1. The lowest BCUT2D eigenvalue weighted by atomic mass is 9.85. The summed E-state index contributed by atoms with van der Waals surface area (Å²) < 4.78 is 0. The molecule has 17 heavy (non-hydrogen) atoms. The summed E-state index contributed by atoms with van der Waals surface area (Å²) in [6, 6.07) is 6.44. The van der Waals surface area contributed by atoms with Gasteiger partial charge in [0.25, 0.3) is 0 Å². The number of imidazole rings is 1. The standard InChI is InChI=1S/C14H19N3/c1-14(2,8-15)10-5-6-11-12(7-10)17-13(16-11)9-3-4-9/h5-7,9H,3-4,8,15H2,1-2H3,(H,16,17). The van der Waals surface area contributed by atoms with Crippen molar-refractivity contribution >= 4 is 11.0 Å². The van der Waals surface area contributed by atoms with E-state index < -0.39 is 0 Å². The molecule has 3 nitrogen and oxygen atoms in total. The van der Waals surface area contributed by atoms with Gasteiger partial charge in [0.2, 0.25) is 0 Å². The van der Waals surface area contributed by atoms with Gasteiger partial charge in [-0.05, 0) is 30.5 Å². The fourth-order valence-electron chi connectivity index (χ4n) is 2.12. The maximum Gasteiger partial charge on any atom is 0.110 e. The summed E-state index contributed by atoms with van der Waals surface area (Å²) >= 11 is 0. The van der Waals surface area contributed by atoms with Gasteiger partial charge >= 0.3 is 0 Å². The van der Waals surface area contributed by atoms with E-state index in [1.165, 1.54) is 18.4 Å². The zero-order valence-corrected chi connectivity index (χ0v) is 10.5. The summed E-state index contributed by atoms with van der Waals surface area (Å²) in [5.41, 5.74) is 9.34. The minimum atomic E-state index is 0.0268. The fourth-order valence-corrected chi connectivity index (χ4v) is 2.12. The molecule has 3 heteroatoms. The third kappa shape index (κ3) is 1.84. The van der Waals surface area contributed by atoms with Gasteiger partial charge in [0.15, 0.2) is 0 Å². The molecule has 3 rings (SSSR count). The first-order valence-electron chi connectivity index (χ1n) is 6.30. The molecule has 1 fully saturated rings. The first-order chi connectivity index (χ1) is 8.10. The Morgan fingerprint density at radius 2 is 2.18 bits per heavy atom. The van der Waals surface area contributed by atoms with Crippen LogP contribution in [0.2, 0.25) is 0 Å². The number of benzene rings is 1. The van der Waals surface area contributed by atoms with Gasteiger partial charge in [-0.2, -0.15) is 0 Å². The Kier molecular flexibility index (Phi) is 2.26. The van der Waals surface area contributed by atoms with Gasteiger partial charge < -0.3 is 10.7 Å². The summed E-state index contributed by atoms with van der Waals surface area (Å²) in [5, 5.41) is 0. The normalized spacial score (nSPS) is 16.6. The zero-order valence-electron chi connectivity index (χ0n) is 10.5. The van der Waals surface area contributed by atoms with Crippen molar-refractivity contribution in [2.45, 2.75) is 38.0 Å². The van der Waals surface area contributed by atoms with Gasteiger partial charge in [-0.1, -0.05) is 19.9 Å². The van der Waals surface area contributed by atoms with Crippen molar-refractivity contribution in [1.29, 1.82) is 0 Å². The Bertz CT molecular complexity index is 550. The van der Waals surface area contributed by atoms with E-state index in [9.17, 15) is 0 Å². The van der Waals surface area contributed by atoms with Gasteiger partial charge in [0, 0.05) is 17.9 Å². The van der Waals surface area contributed by atoms with E-state index >= 15 is 0 Å². The van der Waals surface area contributed by atoms with Crippen molar-refractivity contribution in [1.82, 2.24) is 9.97 Å². The van der Waals surface area contributed by atoms with Crippen LogP contribution in [0.15, 0.2) is 18.2 Å². The Morgan fingerprint density at radius 1 is 1.41 bits per heavy atom. The van der Waals surface area contributed by atoms with E-state index in [4.69, 9.17) is 5.73 Å². The van der Waals surface area contributed by atoms with Crippen molar-refractivity contribution in [2.75, 3.05) is 6.54 Å². The minimum absolute atomic E-state index is 0.0268. The zero-order chi connectivity index (χ0) is 12.0. The molecule has 0 bridgehead atoms. The summed E-state index contributed by atoms with van der Waals surface area (Å²) in [4.78, 5) is 8.08. The predicted molar refractivity (Wildman–Crippen MR) is 70.1 cm³/mol. The number of rotatable bonds is 3. The summed E-state index contributed by atoms with van der Waals surface area (Å²) in [5.74, 6) is 1.83. The maximum atomic E-state index is 5.82. The van der Waals surface area contributed by atoms with Crippen molar-refractivity contribution < 1.29 is 0 Å². The number of nitrogens with two attached hydrogens (primary N) is 1. The predicted octanol–water partition coefficient (Wildman–Crippen LogP) is 2.68. The van der Waals surface area contributed by atoms with E-state index in [2.05, 4.69) is 42.0 Å². The molecular formula is C14H19N3. The number of fused-ring (bicyclic) bond motifs is 1. The third-order valence-corrected chi connectivity index (χ3v) is 3.76. The molecule has 1 heterocycles. The van der Waals surface area contributed by atoms with Crippen molar-refractivity contribution in [3.05, 3.63) is 29.6 Å². The van der Waals surface area contributed by atoms with Crippen LogP contribution in [0.4, 0.5) is 0 Å². The Morgan fingerprint density at radius 3 is 2.82 bits per heavy atom. The molecule has 1 saturated carbocycles. The highest BCUT2D eigenvalue weighted by Gasteiger charge is 2.27. The highest BCUT2D eigenvalue weighted by atomic mass is 14.9. The average Bonchev–Trinajstić information content (AvgIpc) is 3.08. The minimum Gasteiger partial charge on any atom is -0.342 e. The highest BCUT2D eigenvalue weighted by Crippen LogP contribution is 2.39. The third-order valence-electron chi connectivity index (χ3n) is 3.76. The smallest absolute Gasteiger partial charge is 0.110 e. The lowest BCUT2D eigenvalue weighted by Crippen LogP contribution is -2.27. The largest absolute Gasteiger partial charge is 0.342 e. The Hall–Kier alpha value is -1.35. The second-order valence-electron chi connectivity index (χ2n) is 5.72. The van der Waals surface area contributed by atoms with E-state index in [1.807, 2.05) is 0 Å². The molecule has 1 aliphatic rings. The van der Waals surface area contributed by atoms with Crippen LogP contribution in [-0.4, -0.2) is 16.5 Å². The molecule has 1 aromatic carbocycles. The quantitative estimate of drug-likeness (QED) is 0.850. The van der Waals surface area contributed by atoms with Gasteiger partial charge in [0.05, 0.1) is 11.0 Å². The number of H-pyrrole nitrogens is 1. The lowest BCUT2D eigenvalue weighted by molar-refractivity contribution is 0.539. The summed E-state index contributed by atoms with van der Waals surface area (Å²) in [7, 11) is 0. The molecule has 0 spiro atoms. The first kappa shape index (κ1) is 10.8. The van der Waals surface area contributed by atoms with Gasteiger partial charge in [0.1, 0.15) is 5.82 Å². The monoisotopic (exact) mass is 229 g/mol. The number of aromatic nitrogens is 2. The van der Waals surface area contributed by atoms with Crippen molar-refractivity contribution in [3.63, 3.8) is 0 Å². The van der Waals surface area contributed by atoms with Crippen LogP contribution in [0.5, 0.6) is 0 Å². The number of hydrogen-bond acceptors (Lipinski definition) is 2. The van der Waals surface area contributed by atoms with E-state index in [-0.39, 0.29) is 5.41 Å². The first-order valence-corrected chi connectivity index (χ1v) is 6.30. The van der Waals surface area contributed by atoms with Crippen LogP contribution in [0.1, 0.15) is 44.0 Å². The van der Waals surface area contributed by atoms with Gasteiger partial charge in [-0.3, -0.25) is 0 Å². The van der Waals surface area contributed by atoms with Crippen molar-refractivity contribution in [2.24, 2.45) is 5.73 Å². The topological polar surface area (TPSA) is 54.7 Å². The number of aromatic amines is 1. The van der Waals surface area contributed by atoms with Crippen LogP contribution in [0, 0.1) is 0 Å². The molecule has 0 aliphatic heterocycles. The highest BCUT2D eigenvalue weighted by molar-refractivity contribution is 5.76. The SMILES string of the molecule is CC(C)(CN)c1ccc2nc(C3CC3)[nH]c2c1. The molecule has 90 valence electrons. The van der Waals surface area contributed by atoms with Crippen LogP contribution >= 0.6 is 0 Å². The molecule has 0 radical (unpaired) electrons. The Balaban J connectivity index is 2.05. The summed E-state index contributed by atoms with van der Waals surface area (Å²) in [6.45, 7) is 5.00. The second kappa shape index (κ2) is 3.57. The van der Waals surface area contributed by atoms with E-state index in [1.54, 1.807) is 0 Å². The van der Waals surface area contributed by atoms with Gasteiger partial charge in [-0.25, -0.2) is 4.98 Å². The molecule has 0 saturated heterocycles. The average molecular weight is 229 g/mol. The molecule has 0 unspecified atom stereocenters. The Labute approximate surface area is 101 Å². The van der Waals surface area contributed by atoms with Crippen LogP contribution in [-0.2, 0) is 5.41 Å². The van der Waals surface area contributed by atoms with Crippen LogP contribution in [0.25, 0.3) is 11.0 Å². The number of hydrogen-bond donors (Lipinski definition) is 2.